The topological polar surface area (TPSA) is 61.9 Å². The lowest BCUT2D eigenvalue weighted by Gasteiger charge is -2.40. The van der Waals surface area contributed by atoms with Crippen LogP contribution in [0.25, 0.3) is 0 Å². The zero-order chi connectivity index (χ0) is 20.5. The molecule has 0 spiro atoms. The molecule has 0 saturated carbocycles. The van der Waals surface area contributed by atoms with E-state index in [9.17, 15) is 12.8 Å². The SMILES string of the molecule is CN(C)CCNc1cccc2c1OC(C)(C)CN2S(=O)(=O)c1cccc(F)c1. The molecule has 152 valence electrons. The predicted molar refractivity (Wildman–Crippen MR) is 109 cm³/mol. The van der Waals surface area contributed by atoms with Crippen molar-refractivity contribution in [1.82, 2.24) is 4.90 Å². The molecule has 0 radical (unpaired) electrons. The van der Waals surface area contributed by atoms with E-state index < -0.39 is 21.4 Å². The zero-order valence-electron chi connectivity index (χ0n) is 16.6. The van der Waals surface area contributed by atoms with Crippen LogP contribution >= 0.6 is 0 Å². The van der Waals surface area contributed by atoms with E-state index in [1.807, 2.05) is 38.9 Å². The van der Waals surface area contributed by atoms with Crippen molar-refractivity contribution >= 4 is 21.4 Å². The van der Waals surface area contributed by atoms with E-state index in [1.165, 1.54) is 22.5 Å². The molecule has 8 heteroatoms. The fourth-order valence-corrected chi connectivity index (χ4v) is 4.74. The van der Waals surface area contributed by atoms with E-state index in [4.69, 9.17) is 4.74 Å². The standard InChI is InChI=1S/C20H26FN3O3S/c1-20(2)14-24(28(25,26)16-8-5-7-15(21)13-16)18-10-6-9-17(19(18)27-20)22-11-12-23(3)4/h5-10,13,22H,11-12,14H2,1-4H3. The molecule has 0 bridgehead atoms. The molecular weight excluding hydrogens is 381 g/mol. The summed E-state index contributed by atoms with van der Waals surface area (Å²) in [5.41, 5.74) is 0.428. The van der Waals surface area contributed by atoms with Gasteiger partial charge in [-0.25, -0.2) is 12.8 Å². The van der Waals surface area contributed by atoms with Crippen LogP contribution in [-0.4, -0.2) is 52.6 Å². The highest BCUT2D eigenvalue weighted by Gasteiger charge is 2.39. The normalized spacial score (nSPS) is 15.9. The van der Waals surface area contributed by atoms with Gasteiger partial charge in [-0.05, 0) is 58.3 Å². The number of rotatable bonds is 6. The summed E-state index contributed by atoms with van der Waals surface area (Å²) in [4.78, 5) is 1.97. The highest BCUT2D eigenvalue weighted by atomic mass is 32.2. The second-order valence-corrected chi connectivity index (χ2v) is 9.58. The van der Waals surface area contributed by atoms with Gasteiger partial charge in [0.05, 0.1) is 22.8 Å². The van der Waals surface area contributed by atoms with Crippen LogP contribution in [0, 0.1) is 5.82 Å². The predicted octanol–water partition coefficient (Wildman–Crippen LogP) is 3.17. The number of sulfonamides is 1. The fraction of sp³-hybridized carbons (Fsp3) is 0.400. The Labute approximate surface area is 166 Å². The minimum absolute atomic E-state index is 0.0814. The summed E-state index contributed by atoms with van der Waals surface area (Å²) in [5.74, 6) is -0.106. The van der Waals surface area contributed by atoms with E-state index in [0.717, 1.165) is 18.3 Å². The molecule has 1 aliphatic heterocycles. The van der Waals surface area contributed by atoms with Crippen molar-refractivity contribution in [1.29, 1.82) is 0 Å². The summed E-state index contributed by atoms with van der Waals surface area (Å²) in [6, 6.07) is 10.4. The summed E-state index contributed by atoms with van der Waals surface area (Å²) in [6.07, 6.45) is 0. The van der Waals surface area contributed by atoms with Gasteiger partial charge in [0.1, 0.15) is 11.4 Å². The zero-order valence-corrected chi connectivity index (χ0v) is 17.4. The van der Waals surface area contributed by atoms with Crippen LogP contribution in [0.15, 0.2) is 47.4 Å². The molecule has 28 heavy (non-hydrogen) atoms. The van der Waals surface area contributed by atoms with Crippen molar-refractivity contribution in [2.24, 2.45) is 0 Å². The first-order valence-electron chi connectivity index (χ1n) is 9.09. The van der Waals surface area contributed by atoms with Gasteiger partial charge in [-0.15, -0.1) is 0 Å². The highest BCUT2D eigenvalue weighted by Crippen LogP contribution is 2.44. The minimum atomic E-state index is -3.94. The second kappa shape index (κ2) is 7.60. The van der Waals surface area contributed by atoms with Crippen LogP contribution in [0.1, 0.15) is 13.8 Å². The van der Waals surface area contributed by atoms with Gasteiger partial charge in [-0.3, -0.25) is 4.31 Å². The molecule has 6 nitrogen and oxygen atoms in total. The number of likely N-dealkylation sites (N-methyl/N-ethyl adjacent to an activating group) is 1. The average Bonchev–Trinajstić information content (AvgIpc) is 2.60. The molecule has 3 rings (SSSR count). The van der Waals surface area contributed by atoms with Crippen molar-refractivity contribution in [2.75, 3.05) is 43.4 Å². The number of ether oxygens (including phenoxy) is 1. The lowest BCUT2D eigenvalue weighted by molar-refractivity contribution is 0.111. The molecule has 1 N–H and O–H groups in total. The van der Waals surface area contributed by atoms with Gasteiger partial charge in [0.15, 0.2) is 5.75 Å². The van der Waals surface area contributed by atoms with Crippen LogP contribution in [0.2, 0.25) is 0 Å². The number of nitrogens with zero attached hydrogens (tertiary/aromatic N) is 2. The van der Waals surface area contributed by atoms with Crippen molar-refractivity contribution in [3.8, 4) is 5.75 Å². The third kappa shape index (κ3) is 4.23. The Morgan fingerprint density at radius 1 is 1.21 bits per heavy atom. The van der Waals surface area contributed by atoms with Gasteiger partial charge >= 0.3 is 0 Å². The van der Waals surface area contributed by atoms with Gasteiger partial charge < -0.3 is 15.0 Å². The summed E-state index contributed by atoms with van der Waals surface area (Å²) in [7, 11) is 0.0200. The molecule has 1 aliphatic rings. The number of anilines is 2. The van der Waals surface area contributed by atoms with Crippen LogP contribution in [0.3, 0.4) is 0 Å². The Morgan fingerprint density at radius 3 is 2.61 bits per heavy atom. The Balaban J connectivity index is 2.04. The number of hydrogen-bond donors (Lipinski definition) is 1. The maximum absolute atomic E-state index is 13.7. The molecule has 2 aromatic rings. The van der Waals surface area contributed by atoms with Gasteiger partial charge in [-0.2, -0.15) is 0 Å². The van der Waals surface area contributed by atoms with Crippen LogP contribution in [0.4, 0.5) is 15.8 Å². The van der Waals surface area contributed by atoms with E-state index in [1.54, 1.807) is 12.1 Å². The maximum Gasteiger partial charge on any atom is 0.264 e. The number of benzene rings is 2. The molecule has 0 saturated heterocycles. The molecule has 0 aliphatic carbocycles. The van der Waals surface area contributed by atoms with Crippen molar-refractivity contribution in [2.45, 2.75) is 24.3 Å². The van der Waals surface area contributed by atoms with Gasteiger partial charge in [-0.1, -0.05) is 12.1 Å². The minimum Gasteiger partial charge on any atom is -0.482 e. The molecule has 2 aromatic carbocycles. The number of fused-ring (bicyclic) bond motifs is 1. The summed E-state index contributed by atoms with van der Waals surface area (Å²) in [5, 5.41) is 3.31. The molecular formula is C20H26FN3O3S. The number of halogens is 1. The quantitative estimate of drug-likeness (QED) is 0.797. The van der Waals surface area contributed by atoms with E-state index in [0.29, 0.717) is 18.0 Å². The Hall–Kier alpha value is -2.32. The van der Waals surface area contributed by atoms with Gasteiger partial charge in [0.2, 0.25) is 0 Å². The van der Waals surface area contributed by atoms with E-state index in [-0.39, 0.29) is 11.4 Å². The molecule has 0 amide bonds. The van der Waals surface area contributed by atoms with Crippen LogP contribution in [0.5, 0.6) is 5.75 Å². The van der Waals surface area contributed by atoms with Crippen molar-refractivity contribution in [3.05, 3.63) is 48.3 Å². The maximum atomic E-state index is 13.7. The first-order chi connectivity index (χ1) is 13.1. The number of hydrogen-bond acceptors (Lipinski definition) is 5. The summed E-state index contributed by atoms with van der Waals surface area (Å²) in [6.45, 7) is 5.30. The third-order valence-corrected chi connectivity index (χ3v) is 6.18. The highest BCUT2D eigenvalue weighted by molar-refractivity contribution is 7.92. The van der Waals surface area contributed by atoms with Crippen molar-refractivity contribution in [3.63, 3.8) is 0 Å². The molecule has 0 atom stereocenters. The van der Waals surface area contributed by atoms with Gasteiger partial charge in [0.25, 0.3) is 10.0 Å². The van der Waals surface area contributed by atoms with E-state index >= 15 is 0 Å². The summed E-state index contributed by atoms with van der Waals surface area (Å²) >= 11 is 0. The average molecular weight is 408 g/mol. The van der Waals surface area contributed by atoms with Crippen molar-refractivity contribution < 1.29 is 17.5 Å². The lowest BCUT2D eigenvalue weighted by atomic mass is 10.1. The molecule has 0 fully saturated rings. The monoisotopic (exact) mass is 407 g/mol. The lowest BCUT2D eigenvalue weighted by Crippen LogP contribution is -2.49. The number of nitrogens with one attached hydrogen (secondary N) is 1. The Kier molecular flexibility index (Phi) is 5.54. The second-order valence-electron chi connectivity index (χ2n) is 7.71. The largest absolute Gasteiger partial charge is 0.482 e. The van der Waals surface area contributed by atoms with Crippen LogP contribution in [-0.2, 0) is 10.0 Å². The first-order valence-corrected chi connectivity index (χ1v) is 10.5. The number of para-hydroxylation sites is 1. The van der Waals surface area contributed by atoms with E-state index in [2.05, 4.69) is 5.32 Å². The first kappa shape index (κ1) is 20.4. The molecule has 1 heterocycles. The fourth-order valence-electron chi connectivity index (χ4n) is 3.09. The Bertz CT molecular complexity index is 961. The van der Waals surface area contributed by atoms with Gasteiger partial charge in [0, 0.05) is 13.1 Å². The third-order valence-electron chi connectivity index (χ3n) is 4.42. The van der Waals surface area contributed by atoms with Crippen LogP contribution < -0.4 is 14.4 Å². The molecule has 0 unspecified atom stereocenters. The Morgan fingerprint density at radius 2 is 1.93 bits per heavy atom. The molecule has 0 aromatic heterocycles. The smallest absolute Gasteiger partial charge is 0.264 e. The summed E-state index contributed by atoms with van der Waals surface area (Å²) < 4.78 is 47.7.